The fourth-order valence-electron chi connectivity index (χ4n) is 1.46. The van der Waals surface area contributed by atoms with Crippen molar-refractivity contribution in [1.82, 2.24) is 4.31 Å². The van der Waals surface area contributed by atoms with Crippen molar-refractivity contribution >= 4 is 27.2 Å². The summed E-state index contributed by atoms with van der Waals surface area (Å²) in [5.74, 6) is -0.0235. The molecule has 1 aromatic rings. The topological polar surface area (TPSA) is 63.4 Å². The van der Waals surface area contributed by atoms with Crippen molar-refractivity contribution < 1.29 is 8.42 Å². The van der Waals surface area contributed by atoms with E-state index in [1.54, 1.807) is 19.1 Å². The summed E-state index contributed by atoms with van der Waals surface area (Å²) < 4.78 is 25.4. The lowest BCUT2D eigenvalue weighted by molar-refractivity contribution is 0.467. The predicted molar refractivity (Wildman–Crippen MR) is 73.1 cm³/mol. The van der Waals surface area contributed by atoms with Gasteiger partial charge in [-0.25, -0.2) is 8.42 Å². The van der Waals surface area contributed by atoms with E-state index in [0.717, 1.165) is 5.56 Å². The van der Waals surface area contributed by atoms with Gasteiger partial charge in [0.1, 0.15) is 0 Å². The van der Waals surface area contributed by atoms with Gasteiger partial charge in [0.05, 0.1) is 17.3 Å². The summed E-state index contributed by atoms with van der Waals surface area (Å²) in [5.41, 5.74) is 6.14. The summed E-state index contributed by atoms with van der Waals surface area (Å²) >= 11 is 4.74. The Morgan fingerprint density at radius 3 is 2.41 bits per heavy atom. The highest BCUT2D eigenvalue weighted by atomic mass is 32.2. The minimum Gasteiger partial charge on any atom is -0.392 e. The number of sulfonamides is 1. The molecule has 0 unspecified atom stereocenters. The Bertz CT molecular complexity index is 472. The Hall–Kier alpha value is -0.980. The molecule has 0 radical (unpaired) electrons. The average molecular weight is 272 g/mol. The largest absolute Gasteiger partial charge is 0.392 e. The summed E-state index contributed by atoms with van der Waals surface area (Å²) in [6.07, 6.45) is 0. The third kappa shape index (κ3) is 4.41. The van der Waals surface area contributed by atoms with Crippen molar-refractivity contribution in [3.63, 3.8) is 0 Å². The van der Waals surface area contributed by atoms with E-state index < -0.39 is 10.0 Å². The Morgan fingerprint density at radius 2 is 1.94 bits per heavy atom. The van der Waals surface area contributed by atoms with Gasteiger partial charge in [0, 0.05) is 6.54 Å². The SMILES string of the molecule is CCN(CC(N)=S)S(=O)(=O)Cc1ccccc1. The number of hydrogen-bond acceptors (Lipinski definition) is 3. The van der Waals surface area contributed by atoms with E-state index >= 15 is 0 Å². The molecule has 6 heteroatoms. The summed E-state index contributed by atoms with van der Waals surface area (Å²) in [7, 11) is -3.35. The van der Waals surface area contributed by atoms with Crippen molar-refractivity contribution in [2.24, 2.45) is 5.73 Å². The van der Waals surface area contributed by atoms with Gasteiger partial charge in [-0.2, -0.15) is 4.31 Å². The van der Waals surface area contributed by atoms with Crippen LogP contribution in [0.25, 0.3) is 0 Å². The first-order chi connectivity index (χ1) is 7.95. The molecule has 0 bridgehead atoms. The van der Waals surface area contributed by atoms with Gasteiger partial charge in [-0.05, 0) is 5.56 Å². The number of hydrogen-bond donors (Lipinski definition) is 1. The summed E-state index contributed by atoms with van der Waals surface area (Å²) in [4.78, 5) is 0.184. The van der Waals surface area contributed by atoms with Gasteiger partial charge >= 0.3 is 0 Å². The Labute approximate surface area is 107 Å². The van der Waals surface area contributed by atoms with E-state index in [2.05, 4.69) is 0 Å². The molecule has 0 aliphatic carbocycles. The maximum atomic E-state index is 12.1. The van der Waals surface area contributed by atoms with Crippen molar-refractivity contribution in [3.05, 3.63) is 35.9 Å². The second kappa shape index (κ2) is 6.09. The second-order valence-electron chi connectivity index (χ2n) is 3.63. The zero-order chi connectivity index (χ0) is 12.9. The molecule has 0 fully saturated rings. The number of nitrogens with zero attached hydrogens (tertiary/aromatic N) is 1. The third-order valence-electron chi connectivity index (χ3n) is 2.27. The molecule has 0 amide bonds. The van der Waals surface area contributed by atoms with E-state index in [0.29, 0.717) is 6.54 Å². The molecule has 2 N–H and O–H groups in total. The van der Waals surface area contributed by atoms with Crippen LogP contribution in [0.2, 0.25) is 0 Å². The molecule has 0 heterocycles. The van der Waals surface area contributed by atoms with Crippen LogP contribution in [-0.4, -0.2) is 30.8 Å². The zero-order valence-corrected chi connectivity index (χ0v) is 11.3. The minimum atomic E-state index is -3.35. The van der Waals surface area contributed by atoms with Crippen LogP contribution in [0.5, 0.6) is 0 Å². The Kier molecular flexibility index (Phi) is 5.04. The number of likely N-dealkylation sites (N-methyl/N-ethyl adjacent to an activating group) is 1. The van der Waals surface area contributed by atoms with Crippen LogP contribution >= 0.6 is 12.2 Å². The molecule has 0 aromatic heterocycles. The standard InChI is InChI=1S/C11H16N2O2S2/c1-2-13(8-11(12)16)17(14,15)9-10-6-4-3-5-7-10/h3-7H,2,8-9H2,1H3,(H2,12,16). The van der Waals surface area contributed by atoms with Crippen LogP contribution in [0.1, 0.15) is 12.5 Å². The highest BCUT2D eigenvalue weighted by Crippen LogP contribution is 2.10. The lowest BCUT2D eigenvalue weighted by Crippen LogP contribution is -2.38. The molecule has 0 spiro atoms. The molecule has 4 nitrogen and oxygen atoms in total. The Balaban J connectivity index is 2.83. The molecule has 0 saturated carbocycles. The van der Waals surface area contributed by atoms with Gasteiger partial charge in [-0.3, -0.25) is 0 Å². The predicted octanol–water partition coefficient (Wildman–Crippen LogP) is 1.12. The monoisotopic (exact) mass is 272 g/mol. The van der Waals surface area contributed by atoms with Gasteiger partial charge < -0.3 is 5.73 Å². The summed E-state index contributed by atoms with van der Waals surface area (Å²) in [5, 5.41) is 0. The zero-order valence-electron chi connectivity index (χ0n) is 9.67. The van der Waals surface area contributed by atoms with Crippen LogP contribution in [0.15, 0.2) is 30.3 Å². The molecule has 0 saturated heterocycles. The normalized spacial score (nSPS) is 11.6. The minimum absolute atomic E-state index is 0.0235. The maximum Gasteiger partial charge on any atom is 0.218 e. The fraction of sp³-hybridized carbons (Fsp3) is 0.364. The van der Waals surface area contributed by atoms with Crippen LogP contribution in [0.3, 0.4) is 0 Å². The van der Waals surface area contributed by atoms with Gasteiger partial charge in [0.15, 0.2) is 0 Å². The van der Waals surface area contributed by atoms with Gasteiger partial charge in [-0.1, -0.05) is 49.5 Å². The number of nitrogens with two attached hydrogens (primary N) is 1. The number of benzene rings is 1. The second-order valence-corrected chi connectivity index (χ2v) is 6.13. The van der Waals surface area contributed by atoms with E-state index in [9.17, 15) is 8.42 Å². The lowest BCUT2D eigenvalue weighted by atomic mass is 10.2. The molecule has 1 aromatic carbocycles. The van der Waals surface area contributed by atoms with Crippen LogP contribution in [-0.2, 0) is 15.8 Å². The molecule has 0 atom stereocenters. The highest BCUT2D eigenvalue weighted by Gasteiger charge is 2.21. The van der Waals surface area contributed by atoms with Gasteiger partial charge in [0.2, 0.25) is 10.0 Å². The third-order valence-corrected chi connectivity index (χ3v) is 4.27. The van der Waals surface area contributed by atoms with Gasteiger partial charge in [-0.15, -0.1) is 0 Å². The number of thiocarbonyl (C=S) groups is 1. The molecule has 17 heavy (non-hydrogen) atoms. The van der Waals surface area contributed by atoms with Crippen LogP contribution in [0.4, 0.5) is 0 Å². The summed E-state index contributed by atoms with van der Waals surface area (Å²) in [6.45, 7) is 2.23. The average Bonchev–Trinajstić information content (AvgIpc) is 2.26. The van der Waals surface area contributed by atoms with E-state index in [1.807, 2.05) is 18.2 Å². The summed E-state index contributed by atoms with van der Waals surface area (Å²) in [6, 6.07) is 9.05. The molecular formula is C11H16N2O2S2. The molecule has 0 aliphatic rings. The first kappa shape index (κ1) is 14.1. The molecule has 0 aliphatic heterocycles. The quantitative estimate of drug-likeness (QED) is 0.788. The first-order valence-electron chi connectivity index (χ1n) is 5.25. The van der Waals surface area contributed by atoms with Crippen LogP contribution in [0, 0.1) is 0 Å². The van der Waals surface area contributed by atoms with Crippen LogP contribution < -0.4 is 5.73 Å². The van der Waals surface area contributed by atoms with E-state index in [4.69, 9.17) is 18.0 Å². The highest BCUT2D eigenvalue weighted by molar-refractivity contribution is 7.88. The smallest absolute Gasteiger partial charge is 0.218 e. The van der Waals surface area contributed by atoms with E-state index in [-0.39, 0.29) is 17.3 Å². The number of rotatable bonds is 6. The Morgan fingerprint density at radius 1 is 1.35 bits per heavy atom. The van der Waals surface area contributed by atoms with Crippen molar-refractivity contribution in [2.75, 3.05) is 13.1 Å². The van der Waals surface area contributed by atoms with Crippen molar-refractivity contribution in [3.8, 4) is 0 Å². The van der Waals surface area contributed by atoms with Gasteiger partial charge in [0.25, 0.3) is 0 Å². The van der Waals surface area contributed by atoms with Crippen molar-refractivity contribution in [2.45, 2.75) is 12.7 Å². The van der Waals surface area contributed by atoms with Crippen molar-refractivity contribution in [1.29, 1.82) is 0 Å². The molecule has 94 valence electrons. The lowest BCUT2D eigenvalue weighted by Gasteiger charge is -2.19. The fourth-order valence-corrected chi connectivity index (χ4v) is 3.22. The van der Waals surface area contributed by atoms with E-state index in [1.165, 1.54) is 4.31 Å². The molecular weight excluding hydrogens is 256 g/mol. The molecule has 1 rings (SSSR count). The first-order valence-corrected chi connectivity index (χ1v) is 7.27. The maximum absolute atomic E-state index is 12.1.